The van der Waals surface area contributed by atoms with Gasteiger partial charge in [-0.25, -0.2) is 9.78 Å². The molecule has 0 unspecified atom stereocenters. The Bertz CT molecular complexity index is 1060. The van der Waals surface area contributed by atoms with Gasteiger partial charge in [-0.3, -0.25) is 14.0 Å². The summed E-state index contributed by atoms with van der Waals surface area (Å²) in [6.07, 6.45) is 1.53. The molecule has 8 nitrogen and oxygen atoms in total. The molecule has 0 aliphatic carbocycles. The number of benzene rings is 1. The number of carbonyl (C=O) groups excluding carboxylic acids is 1. The van der Waals surface area contributed by atoms with Crippen LogP contribution >= 0.6 is 23.4 Å². The first-order valence-corrected chi connectivity index (χ1v) is 10.1. The number of hydrogen-bond donors (Lipinski definition) is 0. The van der Waals surface area contributed by atoms with E-state index in [9.17, 15) is 9.59 Å². The third-order valence-electron chi connectivity index (χ3n) is 3.91. The molecule has 28 heavy (non-hydrogen) atoms. The van der Waals surface area contributed by atoms with Gasteiger partial charge < -0.3 is 4.74 Å². The molecule has 0 fully saturated rings. The molecule has 0 bridgehead atoms. The summed E-state index contributed by atoms with van der Waals surface area (Å²) >= 11 is 7.50. The van der Waals surface area contributed by atoms with Crippen LogP contribution in [-0.2, 0) is 17.8 Å². The van der Waals surface area contributed by atoms with Gasteiger partial charge in [0, 0.05) is 17.3 Å². The number of hydrogen-bond acceptors (Lipinski definition) is 7. The summed E-state index contributed by atoms with van der Waals surface area (Å²) in [6, 6.07) is 5.13. The van der Waals surface area contributed by atoms with E-state index in [2.05, 4.69) is 20.0 Å². The molecule has 0 atom stereocenters. The van der Waals surface area contributed by atoms with Gasteiger partial charge in [-0.1, -0.05) is 42.4 Å². The molecule has 0 saturated heterocycles. The highest BCUT2D eigenvalue weighted by molar-refractivity contribution is 7.99. The highest BCUT2D eigenvalue weighted by Crippen LogP contribution is 2.21. The van der Waals surface area contributed by atoms with Crippen LogP contribution in [0.3, 0.4) is 0 Å². The van der Waals surface area contributed by atoms with Crippen molar-refractivity contribution in [2.24, 2.45) is 5.92 Å². The van der Waals surface area contributed by atoms with Crippen molar-refractivity contribution in [3.05, 3.63) is 45.5 Å². The molecule has 0 aliphatic heterocycles. The van der Waals surface area contributed by atoms with Crippen molar-refractivity contribution in [2.45, 2.75) is 32.1 Å². The van der Waals surface area contributed by atoms with E-state index in [0.29, 0.717) is 39.9 Å². The minimum Gasteiger partial charge on any atom is -0.464 e. The average Bonchev–Trinajstić information content (AvgIpc) is 3.13. The molecule has 10 heteroatoms. The van der Waals surface area contributed by atoms with E-state index in [0.717, 1.165) is 0 Å². The normalized spacial score (nSPS) is 11.3. The highest BCUT2D eigenvalue weighted by Gasteiger charge is 2.14. The third kappa shape index (κ3) is 4.53. The number of aromatic nitrogens is 5. The fourth-order valence-corrected chi connectivity index (χ4v) is 3.75. The molecular weight excluding hydrogens is 402 g/mol. The molecule has 3 rings (SSSR count). The second-order valence-corrected chi connectivity index (χ2v) is 8.07. The second kappa shape index (κ2) is 8.74. The Morgan fingerprint density at radius 3 is 2.86 bits per heavy atom. The number of nitrogens with zero attached hydrogens (tertiary/aromatic N) is 5. The fraction of sp³-hybridized carbons (Fsp3) is 0.389. The first kappa shape index (κ1) is 20.3. The maximum absolute atomic E-state index is 13.0. The molecule has 2 aromatic heterocycles. The largest absolute Gasteiger partial charge is 0.464 e. The number of halogens is 1. The molecule has 0 amide bonds. The van der Waals surface area contributed by atoms with Gasteiger partial charge in [-0.05, 0) is 24.1 Å². The maximum Gasteiger partial charge on any atom is 0.360 e. The first-order valence-electron chi connectivity index (χ1n) is 8.70. The van der Waals surface area contributed by atoms with E-state index >= 15 is 0 Å². The number of fused-ring (bicyclic) bond motifs is 1. The Labute approximate surface area is 170 Å². The number of ether oxygens (including phenoxy) is 1. The van der Waals surface area contributed by atoms with Crippen LogP contribution in [0.1, 0.15) is 24.3 Å². The lowest BCUT2D eigenvalue weighted by Crippen LogP contribution is -2.25. The molecule has 2 heterocycles. The lowest BCUT2D eigenvalue weighted by atomic mass is 10.2. The molecule has 148 valence electrons. The van der Waals surface area contributed by atoms with Crippen molar-refractivity contribution >= 4 is 40.2 Å². The van der Waals surface area contributed by atoms with E-state index in [1.807, 2.05) is 13.8 Å². The van der Waals surface area contributed by atoms with Gasteiger partial charge in [0.05, 0.1) is 30.8 Å². The van der Waals surface area contributed by atoms with Crippen molar-refractivity contribution in [3.8, 4) is 0 Å². The van der Waals surface area contributed by atoms with E-state index < -0.39 is 5.97 Å². The minimum atomic E-state index is -0.528. The minimum absolute atomic E-state index is 0.0996. The smallest absolute Gasteiger partial charge is 0.360 e. The molecule has 0 radical (unpaired) electrons. The number of thioether (sulfide) groups is 1. The van der Waals surface area contributed by atoms with E-state index in [4.69, 9.17) is 11.6 Å². The van der Waals surface area contributed by atoms with Crippen molar-refractivity contribution < 1.29 is 9.53 Å². The van der Waals surface area contributed by atoms with E-state index in [-0.39, 0.29) is 17.2 Å². The first-order chi connectivity index (χ1) is 13.4. The van der Waals surface area contributed by atoms with Crippen LogP contribution in [0.5, 0.6) is 0 Å². The number of carbonyl (C=O) groups is 1. The van der Waals surface area contributed by atoms with Gasteiger partial charge in [-0.2, -0.15) is 0 Å². The molecule has 0 saturated carbocycles. The SMILES string of the molecule is COC(=O)c1cn(CCSc2nc3ccc(Cl)cc3c(=O)n2CC(C)C)nn1. The molecule has 0 aliphatic rings. The average molecular weight is 422 g/mol. The van der Waals surface area contributed by atoms with Crippen LogP contribution in [-0.4, -0.2) is 43.4 Å². The molecule has 0 N–H and O–H groups in total. The van der Waals surface area contributed by atoms with Crippen molar-refractivity contribution in [2.75, 3.05) is 12.9 Å². The van der Waals surface area contributed by atoms with Crippen molar-refractivity contribution in [3.63, 3.8) is 0 Å². The lowest BCUT2D eigenvalue weighted by Gasteiger charge is -2.15. The third-order valence-corrected chi connectivity index (χ3v) is 5.11. The Morgan fingerprint density at radius 2 is 2.14 bits per heavy atom. The predicted molar refractivity (Wildman–Crippen MR) is 108 cm³/mol. The zero-order chi connectivity index (χ0) is 20.3. The van der Waals surface area contributed by atoms with Gasteiger partial charge in [0.2, 0.25) is 0 Å². The Hall–Kier alpha value is -2.39. The van der Waals surface area contributed by atoms with Crippen LogP contribution in [0.25, 0.3) is 10.9 Å². The summed E-state index contributed by atoms with van der Waals surface area (Å²) in [5.74, 6) is 0.362. The van der Waals surface area contributed by atoms with Gasteiger partial charge in [-0.15, -0.1) is 5.10 Å². The van der Waals surface area contributed by atoms with Crippen LogP contribution in [0, 0.1) is 5.92 Å². The van der Waals surface area contributed by atoms with Crippen molar-refractivity contribution in [1.82, 2.24) is 24.5 Å². The van der Waals surface area contributed by atoms with Crippen LogP contribution < -0.4 is 5.56 Å². The monoisotopic (exact) mass is 421 g/mol. The zero-order valence-corrected chi connectivity index (χ0v) is 17.3. The summed E-state index contributed by atoms with van der Waals surface area (Å²) in [5.41, 5.74) is 0.674. The summed E-state index contributed by atoms with van der Waals surface area (Å²) in [6.45, 7) is 5.16. The molecule has 0 spiro atoms. The zero-order valence-electron chi connectivity index (χ0n) is 15.8. The highest BCUT2D eigenvalue weighted by atomic mass is 35.5. The molecule has 3 aromatic rings. The number of aryl methyl sites for hydroxylation is 1. The topological polar surface area (TPSA) is 91.9 Å². The standard InChI is InChI=1S/C18H20ClN5O3S/c1-11(2)9-24-16(25)13-8-12(19)4-5-14(13)20-18(24)28-7-6-23-10-15(21-22-23)17(26)27-3/h4-5,8,10-11H,6-7,9H2,1-3H3. The lowest BCUT2D eigenvalue weighted by molar-refractivity contribution is 0.0594. The Balaban J connectivity index is 1.83. The van der Waals surface area contributed by atoms with Gasteiger partial charge >= 0.3 is 5.97 Å². The summed E-state index contributed by atoms with van der Waals surface area (Å²) in [7, 11) is 1.30. The Kier molecular flexibility index (Phi) is 6.35. The number of methoxy groups -OCH3 is 1. The van der Waals surface area contributed by atoms with Gasteiger partial charge in [0.25, 0.3) is 5.56 Å². The number of esters is 1. The summed E-state index contributed by atoms with van der Waals surface area (Å²) in [4.78, 5) is 29.1. The quantitative estimate of drug-likeness (QED) is 0.329. The molecular formula is C18H20ClN5O3S. The fourth-order valence-electron chi connectivity index (χ4n) is 2.65. The summed E-state index contributed by atoms with van der Waals surface area (Å²) in [5, 5.41) is 9.35. The maximum atomic E-state index is 13.0. The number of rotatable bonds is 7. The second-order valence-electron chi connectivity index (χ2n) is 6.57. The van der Waals surface area contributed by atoms with Gasteiger partial charge in [0.15, 0.2) is 10.9 Å². The van der Waals surface area contributed by atoms with Crippen LogP contribution in [0.4, 0.5) is 0 Å². The van der Waals surface area contributed by atoms with Crippen LogP contribution in [0.15, 0.2) is 34.3 Å². The van der Waals surface area contributed by atoms with Gasteiger partial charge in [0.1, 0.15) is 0 Å². The summed E-state index contributed by atoms with van der Waals surface area (Å²) < 4.78 is 7.87. The van der Waals surface area contributed by atoms with E-state index in [1.54, 1.807) is 27.4 Å². The predicted octanol–water partition coefficient (Wildman–Crippen LogP) is 2.88. The van der Waals surface area contributed by atoms with E-state index in [1.165, 1.54) is 25.1 Å². The molecule has 1 aromatic carbocycles. The van der Waals surface area contributed by atoms with Crippen molar-refractivity contribution in [1.29, 1.82) is 0 Å². The van der Waals surface area contributed by atoms with Crippen LogP contribution in [0.2, 0.25) is 5.02 Å². The Morgan fingerprint density at radius 1 is 1.36 bits per heavy atom.